The van der Waals surface area contributed by atoms with Crippen molar-refractivity contribution < 1.29 is 0 Å². The molecule has 0 aliphatic carbocycles. The third-order valence-corrected chi connectivity index (χ3v) is 4.44. The van der Waals surface area contributed by atoms with Gasteiger partial charge in [-0.05, 0) is 18.6 Å². The predicted molar refractivity (Wildman–Crippen MR) is 70.7 cm³/mol. The van der Waals surface area contributed by atoms with E-state index in [0.29, 0.717) is 0 Å². The molecule has 0 aromatic carbocycles. The maximum atomic E-state index is 6.05. The summed E-state index contributed by atoms with van der Waals surface area (Å²) in [6.07, 6.45) is 0.920. The number of nitrogens with zero attached hydrogens (tertiary/aromatic N) is 1. The van der Waals surface area contributed by atoms with Crippen LogP contribution in [-0.4, -0.2) is 22.5 Å². The molecule has 0 amide bonds. The van der Waals surface area contributed by atoms with Crippen LogP contribution in [0, 0.1) is 12.8 Å². The third kappa shape index (κ3) is 5.54. The van der Waals surface area contributed by atoms with Crippen molar-refractivity contribution in [3.63, 3.8) is 0 Å². The number of rotatable bonds is 6. The zero-order valence-electron chi connectivity index (χ0n) is 9.69. The van der Waals surface area contributed by atoms with Gasteiger partial charge in [-0.1, -0.05) is 13.8 Å². The summed E-state index contributed by atoms with van der Waals surface area (Å²) < 4.78 is 0. The van der Waals surface area contributed by atoms with E-state index in [1.807, 2.05) is 18.7 Å². The molecule has 1 atom stereocenters. The van der Waals surface area contributed by atoms with E-state index in [4.69, 9.17) is 5.73 Å². The highest BCUT2D eigenvalue weighted by Crippen LogP contribution is 2.14. The molecule has 0 radical (unpaired) electrons. The lowest BCUT2D eigenvalue weighted by Gasteiger charge is -2.10. The lowest BCUT2D eigenvalue weighted by atomic mass is 10.2. The molecule has 0 saturated carbocycles. The largest absolute Gasteiger partial charge is 0.327 e. The Bertz CT molecular complexity index is 284. The van der Waals surface area contributed by atoms with Gasteiger partial charge in [-0.2, -0.15) is 11.8 Å². The molecule has 0 spiro atoms. The van der Waals surface area contributed by atoms with Crippen molar-refractivity contribution in [1.29, 1.82) is 0 Å². The summed E-state index contributed by atoms with van der Waals surface area (Å²) in [5.41, 5.74) is 7.16. The van der Waals surface area contributed by atoms with Gasteiger partial charge in [-0.15, -0.1) is 11.3 Å². The van der Waals surface area contributed by atoms with Crippen LogP contribution in [0.15, 0.2) is 5.38 Å². The number of hydrogen-bond donors (Lipinski definition) is 1. The van der Waals surface area contributed by atoms with Crippen LogP contribution < -0.4 is 5.73 Å². The number of aryl methyl sites for hydroxylation is 1. The number of thiazole rings is 1. The minimum atomic E-state index is 0.249. The molecular weight excluding hydrogens is 224 g/mol. The Balaban J connectivity index is 2.21. The summed E-state index contributed by atoms with van der Waals surface area (Å²) >= 11 is 3.66. The fourth-order valence-corrected chi connectivity index (χ4v) is 3.13. The zero-order valence-corrected chi connectivity index (χ0v) is 11.3. The highest BCUT2D eigenvalue weighted by Gasteiger charge is 2.07. The molecular formula is C11H20N2S2. The fraction of sp³-hybridized carbons (Fsp3) is 0.727. The molecule has 1 aromatic rings. The van der Waals surface area contributed by atoms with Crippen molar-refractivity contribution in [2.75, 3.05) is 11.5 Å². The number of thioether (sulfide) groups is 1. The maximum absolute atomic E-state index is 6.05. The average Bonchev–Trinajstić information content (AvgIpc) is 2.50. The van der Waals surface area contributed by atoms with Gasteiger partial charge in [0.1, 0.15) is 0 Å². The van der Waals surface area contributed by atoms with E-state index in [-0.39, 0.29) is 6.04 Å². The fourth-order valence-electron chi connectivity index (χ4n) is 1.23. The van der Waals surface area contributed by atoms with E-state index in [0.717, 1.165) is 23.8 Å². The molecule has 0 bridgehead atoms. The van der Waals surface area contributed by atoms with E-state index in [2.05, 4.69) is 24.2 Å². The second-order valence-corrected chi connectivity index (χ2v) is 6.30. The van der Waals surface area contributed by atoms with Crippen LogP contribution in [0.4, 0.5) is 0 Å². The summed E-state index contributed by atoms with van der Waals surface area (Å²) in [6, 6.07) is 0.249. The van der Waals surface area contributed by atoms with Gasteiger partial charge in [0.25, 0.3) is 0 Å². The van der Waals surface area contributed by atoms with Crippen molar-refractivity contribution >= 4 is 23.1 Å². The Morgan fingerprint density at radius 3 is 2.73 bits per heavy atom. The van der Waals surface area contributed by atoms with Crippen LogP contribution in [0.5, 0.6) is 0 Å². The second kappa shape index (κ2) is 6.51. The molecule has 1 aromatic heterocycles. The van der Waals surface area contributed by atoms with Crippen LogP contribution >= 0.6 is 23.1 Å². The molecule has 86 valence electrons. The van der Waals surface area contributed by atoms with Crippen LogP contribution in [0.3, 0.4) is 0 Å². The second-order valence-electron chi connectivity index (χ2n) is 4.28. The van der Waals surface area contributed by atoms with E-state index >= 15 is 0 Å². The van der Waals surface area contributed by atoms with Crippen molar-refractivity contribution in [2.24, 2.45) is 11.7 Å². The van der Waals surface area contributed by atoms with Gasteiger partial charge >= 0.3 is 0 Å². The molecule has 1 heterocycles. The van der Waals surface area contributed by atoms with E-state index in [1.54, 1.807) is 11.3 Å². The monoisotopic (exact) mass is 244 g/mol. The first-order valence-corrected chi connectivity index (χ1v) is 7.35. The molecule has 15 heavy (non-hydrogen) atoms. The van der Waals surface area contributed by atoms with Gasteiger partial charge in [0.15, 0.2) is 0 Å². The smallest absolute Gasteiger partial charge is 0.0943 e. The van der Waals surface area contributed by atoms with Crippen LogP contribution in [0.25, 0.3) is 0 Å². The summed E-state index contributed by atoms with van der Waals surface area (Å²) in [4.78, 5) is 4.42. The van der Waals surface area contributed by atoms with Crippen LogP contribution in [0.1, 0.15) is 24.5 Å². The van der Waals surface area contributed by atoms with Gasteiger partial charge in [-0.25, -0.2) is 4.98 Å². The molecule has 2 N–H and O–H groups in total. The summed E-state index contributed by atoms with van der Waals surface area (Å²) in [7, 11) is 0. The predicted octanol–water partition coefficient (Wildman–Crippen LogP) is 2.71. The van der Waals surface area contributed by atoms with Gasteiger partial charge in [-0.3, -0.25) is 0 Å². The molecule has 1 unspecified atom stereocenters. The van der Waals surface area contributed by atoms with Crippen LogP contribution in [-0.2, 0) is 6.42 Å². The van der Waals surface area contributed by atoms with Crippen molar-refractivity contribution in [3.05, 3.63) is 16.1 Å². The van der Waals surface area contributed by atoms with Crippen molar-refractivity contribution in [3.8, 4) is 0 Å². The highest BCUT2D eigenvalue weighted by molar-refractivity contribution is 7.99. The minimum absolute atomic E-state index is 0.249. The van der Waals surface area contributed by atoms with Crippen LogP contribution in [0.2, 0.25) is 0 Å². The zero-order chi connectivity index (χ0) is 11.3. The SMILES string of the molecule is Cc1csc(CC(N)CSCC(C)C)n1. The highest BCUT2D eigenvalue weighted by atomic mass is 32.2. The van der Waals surface area contributed by atoms with Gasteiger partial charge in [0, 0.05) is 29.3 Å². The normalized spacial score (nSPS) is 13.4. The summed E-state index contributed by atoms with van der Waals surface area (Å²) in [5, 5.41) is 3.26. The molecule has 0 fully saturated rings. The Morgan fingerprint density at radius 1 is 1.47 bits per heavy atom. The van der Waals surface area contributed by atoms with Crippen molar-refractivity contribution in [2.45, 2.75) is 33.2 Å². The van der Waals surface area contributed by atoms with Gasteiger partial charge in [0.05, 0.1) is 5.01 Å². The molecule has 0 aliphatic rings. The summed E-state index contributed by atoms with van der Waals surface area (Å²) in [5.74, 6) is 2.99. The van der Waals surface area contributed by atoms with E-state index in [9.17, 15) is 0 Å². The topological polar surface area (TPSA) is 38.9 Å². The van der Waals surface area contributed by atoms with Gasteiger partial charge in [0.2, 0.25) is 0 Å². The average molecular weight is 244 g/mol. The van der Waals surface area contributed by atoms with E-state index in [1.165, 1.54) is 10.8 Å². The molecule has 2 nitrogen and oxygen atoms in total. The molecule has 1 rings (SSSR count). The Hall–Kier alpha value is -0.0600. The number of nitrogens with two attached hydrogens (primary N) is 1. The first-order valence-electron chi connectivity index (χ1n) is 5.32. The number of aromatic nitrogens is 1. The van der Waals surface area contributed by atoms with Gasteiger partial charge < -0.3 is 5.73 Å². The Kier molecular flexibility index (Phi) is 5.64. The standard InChI is InChI=1S/C11H20N2S2/c1-8(2)5-14-7-10(12)4-11-13-9(3)6-15-11/h6,8,10H,4-5,7,12H2,1-3H3. The maximum Gasteiger partial charge on any atom is 0.0943 e. The lowest BCUT2D eigenvalue weighted by Crippen LogP contribution is -2.25. The quantitative estimate of drug-likeness (QED) is 0.836. The Labute approximate surface area is 101 Å². The molecule has 0 saturated heterocycles. The number of hydrogen-bond acceptors (Lipinski definition) is 4. The Morgan fingerprint density at radius 2 is 2.20 bits per heavy atom. The van der Waals surface area contributed by atoms with Crippen molar-refractivity contribution in [1.82, 2.24) is 4.98 Å². The third-order valence-electron chi connectivity index (χ3n) is 1.89. The van der Waals surface area contributed by atoms with E-state index < -0.39 is 0 Å². The molecule has 0 aliphatic heterocycles. The lowest BCUT2D eigenvalue weighted by molar-refractivity contribution is 0.728. The first kappa shape index (κ1) is 13.0. The summed E-state index contributed by atoms with van der Waals surface area (Å²) in [6.45, 7) is 6.50. The first-order chi connectivity index (χ1) is 7.08. The molecule has 4 heteroatoms. The minimum Gasteiger partial charge on any atom is -0.327 e.